The van der Waals surface area contributed by atoms with E-state index in [1.165, 1.54) is 25.7 Å². The predicted molar refractivity (Wildman–Crippen MR) is 94.2 cm³/mol. The van der Waals surface area contributed by atoms with Crippen molar-refractivity contribution in [1.82, 2.24) is 15.1 Å². The van der Waals surface area contributed by atoms with E-state index in [4.69, 9.17) is 4.74 Å². The summed E-state index contributed by atoms with van der Waals surface area (Å²) >= 11 is 0. The normalized spacial score (nSPS) is 25.4. The van der Waals surface area contributed by atoms with Crippen molar-refractivity contribution in [1.29, 1.82) is 0 Å². The van der Waals surface area contributed by atoms with Gasteiger partial charge in [-0.2, -0.15) is 0 Å². The molecular weight excluding hydrogens is 330 g/mol. The molecule has 2 aliphatic heterocycles. The molecule has 2 heterocycles. The number of carbonyl (C=O) groups excluding carboxylic acids is 2. The van der Waals surface area contributed by atoms with E-state index < -0.39 is 0 Å². The van der Waals surface area contributed by atoms with E-state index >= 15 is 0 Å². The summed E-state index contributed by atoms with van der Waals surface area (Å²) in [4.78, 5) is 28.5. The molecule has 1 atom stereocenters. The Balaban J connectivity index is 0.00000208. The molecule has 7 heteroatoms. The molecule has 0 aromatic heterocycles. The maximum atomic E-state index is 12.4. The van der Waals surface area contributed by atoms with Gasteiger partial charge in [-0.05, 0) is 12.3 Å². The first-order chi connectivity index (χ1) is 11.2. The maximum absolute atomic E-state index is 12.4. The van der Waals surface area contributed by atoms with Gasteiger partial charge in [-0.3, -0.25) is 9.59 Å². The fraction of sp³-hybridized carbons (Fsp3) is 0.882. The van der Waals surface area contributed by atoms with Gasteiger partial charge in [-0.25, -0.2) is 0 Å². The average molecular weight is 360 g/mol. The van der Waals surface area contributed by atoms with Crippen LogP contribution in [-0.4, -0.2) is 73.6 Å². The van der Waals surface area contributed by atoms with E-state index in [9.17, 15) is 9.59 Å². The molecule has 2 saturated heterocycles. The van der Waals surface area contributed by atoms with Gasteiger partial charge in [0, 0.05) is 45.7 Å². The smallest absolute Gasteiger partial charge is 0.253 e. The number of amides is 2. The summed E-state index contributed by atoms with van der Waals surface area (Å²) in [5, 5.41) is 3.19. The first-order valence-corrected chi connectivity index (χ1v) is 9.13. The highest BCUT2D eigenvalue weighted by molar-refractivity contribution is 5.85. The lowest BCUT2D eigenvalue weighted by Gasteiger charge is -2.37. The number of ether oxygens (including phenoxy) is 1. The second-order valence-corrected chi connectivity index (χ2v) is 6.96. The average Bonchev–Trinajstić information content (AvgIpc) is 3.13. The topological polar surface area (TPSA) is 61.9 Å². The van der Waals surface area contributed by atoms with Gasteiger partial charge in [0.15, 0.2) is 0 Å². The number of halogens is 1. The van der Waals surface area contributed by atoms with E-state index in [1.807, 2.05) is 9.80 Å². The molecule has 1 saturated carbocycles. The lowest BCUT2D eigenvalue weighted by molar-refractivity contribution is -0.149. The van der Waals surface area contributed by atoms with E-state index in [0.29, 0.717) is 45.8 Å². The Bertz CT molecular complexity index is 415. The molecule has 3 aliphatic rings. The second-order valence-electron chi connectivity index (χ2n) is 6.96. The van der Waals surface area contributed by atoms with Crippen LogP contribution in [0.1, 0.15) is 38.5 Å². The SMILES string of the molecule is Cl.O=C(CCC1CCCC1)N1CCN(C(=O)C2CNCCO2)CC1. The van der Waals surface area contributed by atoms with Crippen molar-refractivity contribution in [2.24, 2.45) is 5.92 Å². The highest BCUT2D eigenvalue weighted by Gasteiger charge is 2.30. The molecule has 0 radical (unpaired) electrons. The minimum absolute atomic E-state index is 0. The fourth-order valence-corrected chi connectivity index (χ4v) is 3.89. The number of hydrogen-bond donors (Lipinski definition) is 1. The number of morpholine rings is 1. The van der Waals surface area contributed by atoms with Crippen LogP contribution in [0.15, 0.2) is 0 Å². The van der Waals surface area contributed by atoms with E-state index in [-0.39, 0.29) is 30.3 Å². The summed E-state index contributed by atoms with van der Waals surface area (Å²) < 4.78 is 5.53. The third-order valence-electron chi connectivity index (χ3n) is 5.39. The first kappa shape index (κ1) is 19.5. The van der Waals surface area contributed by atoms with E-state index in [2.05, 4.69) is 5.32 Å². The van der Waals surface area contributed by atoms with Crippen LogP contribution < -0.4 is 5.32 Å². The van der Waals surface area contributed by atoms with Crippen molar-refractivity contribution >= 4 is 24.2 Å². The Kier molecular flexibility index (Phi) is 7.78. The monoisotopic (exact) mass is 359 g/mol. The van der Waals surface area contributed by atoms with E-state index in [1.54, 1.807) is 0 Å². The molecule has 1 aliphatic carbocycles. The predicted octanol–water partition coefficient (Wildman–Crippen LogP) is 1.04. The van der Waals surface area contributed by atoms with Crippen LogP contribution in [-0.2, 0) is 14.3 Å². The van der Waals surface area contributed by atoms with Gasteiger partial charge in [0.1, 0.15) is 6.10 Å². The zero-order valence-corrected chi connectivity index (χ0v) is 15.2. The summed E-state index contributed by atoms with van der Waals surface area (Å²) in [6.07, 6.45) is 6.62. The summed E-state index contributed by atoms with van der Waals surface area (Å²) in [6.45, 7) is 4.59. The maximum Gasteiger partial charge on any atom is 0.253 e. The van der Waals surface area contributed by atoms with Gasteiger partial charge < -0.3 is 19.9 Å². The Labute approximate surface area is 150 Å². The second kappa shape index (κ2) is 9.59. The number of carbonyl (C=O) groups is 2. The molecule has 1 N–H and O–H groups in total. The zero-order valence-electron chi connectivity index (χ0n) is 14.4. The van der Waals surface area contributed by atoms with Gasteiger partial charge in [-0.1, -0.05) is 25.7 Å². The van der Waals surface area contributed by atoms with Crippen LogP contribution >= 0.6 is 12.4 Å². The summed E-state index contributed by atoms with van der Waals surface area (Å²) in [7, 11) is 0. The van der Waals surface area contributed by atoms with Crippen molar-refractivity contribution in [3.05, 3.63) is 0 Å². The van der Waals surface area contributed by atoms with Crippen LogP contribution in [0.2, 0.25) is 0 Å². The Hall–Kier alpha value is -0.850. The van der Waals surface area contributed by atoms with Gasteiger partial charge in [-0.15, -0.1) is 12.4 Å². The quantitative estimate of drug-likeness (QED) is 0.814. The molecule has 6 nitrogen and oxygen atoms in total. The standard InChI is InChI=1S/C17H29N3O3.ClH/c21-16(6-5-14-3-1-2-4-14)19-8-10-20(11-9-19)17(22)15-13-18-7-12-23-15;/h14-15,18H,1-13H2;1H. The molecule has 3 rings (SSSR count). The van der Waals surface area contributed by atoms with Gasteiger partial charge in [0.05, 0.1) is 6.61 Å². The molecule has 0 aromatic rings. The minimum Gasteiger partial charge on any atom is -0.366 e. The first-order valence-electron chi connectivity index (χ1n) is 9.13. The largest absolute Gasteiger partial charge is 0.366 e. The molecule has 24 heavy (non-hydrogen) atoms. The molecule has 1 unspecified atom stereocenters. The minimum atomic E-state index is -0.353. The summed E-state index contributed by atoms with van der Waals surface area (Å²) in [6, 6.07) is 0. The number of rotatable bonds is 4. The molecular formula is C17H30ClN3O3. The highest BCUT2D eigenvalue weighted by atomic mass is 35.5. The lowest BCUT2D eigenvalue weighted by atomic mass is 10.0. The number of nitrogens with one attached hydrogen (secondary N) is 1. The van der Waals surface area contributed by atoms with Crippen LogP contribution in [0.3, 0.4) is 0 Å². The van der Waals surface area contributed by atoms with Crippen molar-refractivity contribution in [2.75, 3.05) is 45.9 Å². The Morgan fingerprint density at radius 2 is 1.71 bits per heavy atom. The van der Waals surface area contributed by atoms with Crippen LogP contribution in [0, 0.1) is 5.92 Å². The van der Waals surface area contributed by atoms with Crippen molar-refractivity contribution < 1.29 is 14.3 Å². The molecule has 138 valence electrons. The Morgan fingerprint density at radius 1 is 1.04 bits per heavy atom. The van der Waals surface area contributed by atoms with Gasteiger partial charge >= 0.3 is 0 Å². The van der Waals surface area contributed by atoms with Gasteiger partial charge in [0.2, 0.25) is 5.91 Å². The third kappa shape index (κ3) is 5.07. The fourth-order valence-electron chi connectivity index (χ4n) is 3.89. The number of nitrogens with zero attached hydrogens (tertiary/aromatic N) is 2. The van der Waals surface area contributed by atoms with Crippen molar-refractivity contribution in [3.8, 4) is 0 Å². The molecule has 3 fully saturated rings. The summed E-state index contributed by atoms with van der Waals surface area (Å²) in [5.41, 5.74) is 0. The lowest BCUT2D eigenvalue weighted by Crippen LogP contribution is -2.56. The molecule has 0 bridgehead atoms. The van der Waals surface area contributed by atoms with Gasteiger partial charge in [0.25, 0.3) is 5.91 Å². The molecule has 2 amide bonds. The molecule has 0 aromatic carbocycles. The van der Waals surface area contributed by atoms with Crippen molar-refractivity contribution in [2.45, 2.75) is 44.6 Å². The zero-order chi connectivity index (χ0) is 16.1. The number of hydrogen-bond acceptors (Lipinski definition) is 4. The van der Waals surface area contributed by atoms with Crippen LogP contribution in [0.25, 0.3) is 0 Å². The number of piperazine rings is 1. The Morgan fingerprint density at radius 3 is 2.33 bits per heavy atom. The van der Waals surface area contributed by atoms with E-state index in [0.717, 1.165) is 18.9 Å². The van der Waals surface area contributed by atoms with Crippen molar-refractivity contribution in [3.63, 3.8) is 0 Å². The highest BCUT2D eigenvalue weighted by Crippen LogP contribution is 2.28. The van der Waals surface area contributed by atoms with Crippen LogP contribution in [0.4, 0.5) is 0 Å². The van der Waals surface area contributed by atoms with Crippen LogP contribution in [0.5, 0.6) is 0 Å². The summed E-state index contributed by atoms with van der Waals surface area (Å²) in [5.74, 6) is 1.09. The molecule has 0 spiro atoms. The third-order valence-corrected chi connectivity index (χ3v) is 5.39.